The van der Waals surface area contributed by atoms with Crippen LogP contribution < -0.4 is 0 Å². The summed E-state index contributed by atoms with van der Waals surface area (Å²) < 4.78 is 37.4. The summed E-state index contributed by atoms with van der Waals surface area (Å²) in [5.41, 5.74) is -1.62. The second kappa shape index (κ2) is 10.4. The molecule has 0 saturated carbocycles. The summed E-state index contributed by atoms with van der Waals surface area (Å²) in [5.74, 6) is -0.447. The first-order valence-corrected chi connectivity index (χ1v) is 23.0. The van der Waals surface area contributed by atoms with Crippen LogP contribution in [-0.2, 0) is 32.3 Å². The van der Waals surface area contributed by atoms with Crippen LogP contribution in [0.1, 0.15) is 34.6 Å². The zero-order valence-electron chi connectivity index (χ0n) is 24.8. The summed E-state index contributed by atoms with van der Waals surface area (Å²) in [4.78, 5) is 28.2. The minimum atomic E-state index is -2.19. The molecular weight excluding hydrogens is 515 g/mol. The molecule has 0 bridgehead atoms. The fraction of sp³-hybridized carbons (Fsp3) is 0.917. The maximum absolute atomic E-state index is 13.4. The summed E-state index contributed by atoms with van der Waals surface area (Å²) >= 11 is 0. The number of carbonyl (C=O) groups excluding carboxylic acids is 2. The van der Waals surface area contributed by atoms with Gasteiger partial charge >= 0.3 is 12.1 Å². The van der Waals surface area contributed by atoms with Crippen LogP contribution in [0.15, 0.2) is 0 Å². The van der Waals surface area contributed by atoms with Crippen LogP contribution in [0.25, 0.3) is 0 Å². The quantitative estimate of drug-likeness (QED) is 0.303. The van der Waals surface area contributed by atoms with E-state index in [1.807, 2.05) is 54.3 Å². The van der Waals surface area contributed by atoms with Gasteiger partial charge < -0.3 is 27.5 Å². The van der Waals surface area contributed by atoms with Crippen molar-refractivity contribution in [1.82, 2.24) is 4.90 Å². The molecule has 0 aliphatic carbocycles. The smallest absolute Gasteiger partial charge is 0.412 e. The lowest BCUT2D eigenvalue weighted by atomic mass is 9.99. The molecule has 5 atom stereocenters. The van der Waals surface area contributed by atoms with Gasteiger partial charge in [-0.15, -0.1) is 0 Å². The molecule has 2 fully saturated rings. The van der Waals surface area contributed by atoms with Gasteiger partial charge in [-0.1, -0.05) is 0 Å². The lowest BCUT2D eigenvalue weighted by molar-refractivity contribution is -0.151. The minimum absolute atomic E-state index is 0.217. The molecule has 0 spiro atoms. The Bertz CT molecular complexity index is 810. The molecule has 36 heavy (non-hydrogen) atoms. The zero-order chi connectivity index (χ0) is 28.1. The van der Waals surface area contributed by atoms with Crippen LogP contribution >= 0.6 is 0 Å². The highest BCUT2D eigenvalue weighted by molar-refractivity contribution is 6.70. The predicted octanol–water partition coefficient (Wildman–Crippen LogP) is 4.94. The SMILES string of the molecule is CC(C)(C)OC(=O)N1C([C@@H](O[Si](C)(C)C)[C@@H]2OC(=O)[C@@H](O[Si](C)(C)C)[C@H]2O[Si](C)(C)C)COC1(C)C. The van der Waals surface area contributed by atoms with Crippen molar-refractivity contribution >= 4 is 37.0 Å². The highest BCUT2D eigenvalue weighted by atomic mass is 28.4. The molecule has 2 aliphatic heterocycles. The molecule has 2 rings (SSSR count). The third-order valence-electron chi connectivity index (χ3n) is 5.38. The van der Waals surface area contributed by atoms with E-state index in [1.54, 1.807) is 4.90 Å². The van der Waals surface area contributed by atoms with Crippen molar-refractivity contribution in [1.29, 1.82) is 0 Å². The molecule has 0 radical (unpaired) electrons. The standard InChI is InChI=1S/C24H49NO8Si3/c1-23(2,3)30-22(27)25-16(15-28-24(25,4)5)17(31-34(6,7)8)18-19(32-35(9,10)11)20(21(26)29-18)33-36(12,13)14/h16-20H,15H2,1-14H3/t16?,17-,18+,19+,20+/m1/s1. The van der Waals surface area contributed by atoms with Gasteiger partial charge in [-0.05, 0) is 93.5 Å². The molecule has 0 N–H and O–H groups in total. The molecule has 1 amide bonds. The van der Waals surface area contributed by atoms with E-state index in [4.69, 9.17) is 27.5 Å². The Kier molecular flexibility index (Phi) is 9.10. The molecule has 2 saturated heterocycles. The number of cyclic esters (lactones) is 1. The first kappa shape index (κ1) is 31.4. The van der Waals surface area contributed by atoms with Crippen LogP contribution in [0.3, 0.4) is 0 Å². The summed E-state index contributed by atoms with van der Waals surface area (Å²) in [6.07, 6.45) is -3.43. The lowest BCUT2D eigenvalue weighted by Gasteiger charge is -2.42. The van der Waals surface area contributed by atoms with Crippen molar-refractivity contribution in [3.05, 3.63) is 0 Å². The van der Waals surface area contributed by atoms with E-state index in [0.717, 1.165) is 0 Å². The van der Waals surface area contributed by atoms with Gasteiger partial charge in [0.1, 0.15) is 23.5 Å². The largest absolute Gasteiger partial charge is 0.455 e. The first-order chi connectivity index (χ1) is 15.9. The van der Waals surface area contributed by atoms with E-state index in [0.29, 0.717) is 0 Å². The van der Waals surface area contributed by atoms with Crippen LogP contribution in [0.4, 0.5) is 4.79 Å². The Morgan fingerprint density at radius 2 is 1.50 bits per heavy atom. The lowest BCUT2D eigenvalue weighted by Crippen LogP contribution is -2.60. The summed E-state index contributed by atoms with van der Waals surface area (Å²) in [6.45, 7) is 27.9. The Morgan fingerprint density at radius 3 is 1.94 bits per heavy atom. The third kappa shape index (κ3) is 8.63. The number of hydrogen-bond donors (Lipinski definition) is 0. The molecule has 210 valence electrons. The van der Waals surface area contributed by atoms with Crippen LogP contribution in [0.5, 0.6) is 0 Å². The van der Waals surface area contributed by atoms with Gasteiger partial charge in [0, 0.05) is 0 Å². The van der Waals surface area contributed by atoms with Gasteiger partial charge in [0.05, 0.1) is 12.6 Å². The van der Waals surface area contributed by atoms with E-state index >= 15 is 0 Å². The first-order valence-electron chi connectivity index (χ1n) is 12.8. The van der Waals surface area contributed by atoms with Crippen molar-refractivity contribution in [3.63, 3.8) is 0 Å². The summed E-state index contributed by atoms with van der Waals surface area (Å²) in [5, 5.41) is 0. The second-order valence-corrected chi connectivity index (χ2v) is 27.5. The molecule has 0 aromatic carbocycles. The molecule has 0 aromatic heterocycles. The average Bonchev–Trinajstić information content (AvgIpc) is 3.05. The maximum Gasteiger partial charge on any atom is 0.412 e. The van der Waals surface area contributed by atoms with Crippen molar-refractivity contribution in [2.45, 2.75) is 135 Å². The molecule has 1 unspecified atom stereocenters. The monoisotopic (exact) mass is 563 g/mol. The normalized spacial score (nSPS) is 28.3. The van der Waals surface area contributed by atoms with Crippen LogP contribution in [0, 0.1) is 0 Å². The number of amides is 1. The summed E-state index contributed by atoms with van der Waals surface area (Å²) in [7, 11) is -6.44. The van der Waals surface area contributed by atoms with Gasteiger partial charge in [-0.2, -0.15) is 0 Å². The second-order valence-electron chi connectivity index (χ2n) is 14.1. The fourth-order valence-electron chi connectivity index (χ4n) is 4.38. The van der Waals surface area contributed by atoms with E-state index in [2.05, 4.69) is 39.3 Å². The van der Waals surface area contributed by atoms with Gasteiger partial charge in [-0.25, -0.2) is 9.59 Å². The van der Waals surface area contributed by atoms with E-state index in [-0.39, 0.29) is 6.61 Å². The molecule has 2 aliphatic rings. The van der Waals surface area contributed by atoms with Crippen molar-refractivity contribution < 1.29 is 37.1 Å². The number of hydrogen-bond acceptors (Lipinski definition) is 8. The Morgan fingerprint density at radius 1 is 0.972 bits per heavy atom. The number of ether oxygens (including phenoxy) is 3. The maximum atomic E-state index is 13.4. The Balaban J connectivity index is 2.57. The zero-order valence-corrected chi connectivity index (χ0v) is 27.8. The number of carbonyl (C=O) groups is 2. The Hall–Kier alpha value is -0.769. The molecule has 9 nitrogen and oxygen atoms in total. The minimum Gasteiger partial charge on any atom is -0.455 e. The van der Waals surface area contributed by atoms with Gasteiger partial charge in [0.25, 0.3) is 0 Å². The van der Waals surface area contributed by atoms with Crippen molar-refractivity contribution in [3.8, 4) is 0 Å². The number of esters is 1. The molecule has 12 heteroatoms. The van der Waals surface area contributed by atoms with Crippen LogP contribution in [-0.4, -0.2) is 90.3 Å². The Labute approximate surface area is 220 Å². The number of rotatable bonds is 8. The van der Waals surface area contributed by atoms with Gasteiger partial charge in [0.2, 0.25) is 0 Å². The van der Waals surface area contributed by atoms with Gasteiger partial charge in [0.15, 0.2) is 37.2 Å². The number of nitrogens with zero attached hydrogens (tertiary/aromatic N) is 1. The van der Waals surface area contributed by atoms with E-state index in [9.17, 15) is 9.59 Å². The highest BCUT2D eigenvalue weighted by Crippen LogP contribution is 2.38. The van der Waals surface area contributed by atoms with Crippen molar-refractivity contribution in [2.24, 2.45) is 0 Å². The average molecular weight is 564 g/mol. The van der Waals surface area contributed by atoms with Crippen molar-refractivity contribution in [2.75, 3.05) is 6.61 Å². The van der Waals surface area contributed by atoms with E-state index in [1.165, 1.54) is 0 Å². The van der Waals surface area contributed by atoms with Gasteiger partial charge in [-0.3, -0.25) is 4.90 Å². The fourth-order valence-corrected chi connectivity index (χ4v) is 7.55. The molecule has 2 heterocycles. The van der Waals surface area contributed by atoms with E-state index < -0.39 is 78.8 Å². The topological polar surface area (TPSA) is 92.8 Å². The predicted molar refractivity (Wildman–Crippen MR) is 146 cm³/mol. The molecular formula is C24H49NO8Si3. The third-order valence-corrected chi connectivity index (χ3v) is 8.30. The summed E-state index contributed by atoms with van der Waals surface area (Å²) in [6, 6.07) is -0.544. The molecule has 0 aromatic rings. The van der Waals surface area contributed by atoms with Crippen LogP contribution in [0.2, 0.25) is 58.9 Å². The highest BCUT2D eigenvalue weighted by Gasteiger charge is 2.59.